The summed E-state index contributed by atoms with van der Waals surface area (Å²) >= 11 is 0. The summed E-state index contributed by atoms with van der Waals surface area (Å²) in [4.78, 5) is 0. The standard InChI is InChI=1S/C17H29NO/c1-5-11-17(4,13-18-15(2)3)14-19-12-16-9-7-6-8-10-16/h6-10,15,18H,5,11-14H2,1-4H3. The Morgan fingerprint density at radius 2 is 1.89 bits per heavy atom. The predicted octanol–water partition coefficient (Wildman–Crippen LogP) is 4.01. The zero-order valence-corrected chi connectivity index (χ0v) is 12.9. The summed E-state index contributed by atoms with van der Waals surface area (Å²) in [6.07, 6.45) is 2.40. The van der Waals surface area contributed by atoms with Crippen LogP contribution in [0.15, 0.2) is 30.3 Å². The van der Waals surface area contributed by atoms with Crippen molar-refractivity contribution >= 4 is 0 Å². The minimum atomic E-state index is 0.230. The second-order valence-electron chi connectivity index (χ2n) is 6.07. The Bertz CT molecular complexity index is 336. The maximum absolute atomic E-state index is 5.93. The highest BCUT2D eigenvalue weighted by Gasteiger charge is 2.23. The van der Waals surface area contributed by atoms with Crippen molar-refractivity contribution in [3.8, 4) is 0 Å². The summed E-state index contributed by atoms with van der Waals surface area (Å²) < 4.78 is 5.93. The SMILES string of the molecule is CCCC(C)(CNC(C)C)COCc1ccccc1. The van der Waals surface area contributed by atoms with Gasteiger partial charge < -0.3 is 10.1 Å². The van der Waals surface area contributed by atoms with Crippen LogP contribution in [0.25, 0.3) is 0 Å². The van der Waals surface area contributed by atoms with Crippen LogP contribution in [0.1, 0.15) is 46.1 Å². The van der Waals surface area contributed by atoms with Crippen molar-refractivity contribution in [3.05, 3.63) is 35.9 Å². The van der Waals surface area contributed by atoms with Gasteiger partial charge in [0, 0.05) is 18.0 Å². The van der Waals surface area contributed by atoms with Crippen molar-refractivity contribution in [2.75, 3.05) is 13.2 Å². The minimum absolute atomic E-state index is 0.230. The number of nitrogens with one attached hydrogen (secondary N) is 1. The Balaban J connectivity index is 2.40. The topological polar surface area (TPSA) is 21.3 Å². The zero-order valence-electron chi connectivity index (χ0n) is 12.9. The molecule has 0 saturated carbocycles. The number of hydrogen-bond donors (Lipinski definition) is 1. The third-order valence-corrected chi connectivity index (χ3v) is 3.35. The fraction of sp³-hybridized carbons (Fsp3) is 0.647. The predicted molar refractivity (Wildman–Crippen MR) is 82.3 cm³/mol. The Hall–Kier alpha value is -0.860. The van der Waals surface area contributed by atoms with Gasteiger partial charge in [0.05, 0.1) is 13.2 Å². The molecule has 0 radical (unpaired) electrons. The number of benzene rings is 1. The second-order valence-corrected chi connectivity index (χ2v) is 6.07. The fourth-order valence-corrected chi connectivity index (χ4v) is 2.26. The van der Waals surface area contributed by atoms with E-state index in [2.05, 4.69) is 57.3 Å². The van der Waals surface area contributed by atoms with Gasteiger partial charge in [0.25, 0.3) is 0 Å². The number of ether oxygens (including phenoxy) is 1. The molecule has 1 unspecified atom stereocenters. The van der Waals surface area contributed by atoms with Gasteiger partial charge in [-0.1, -0.05) is 64.4 Å². The summed E-state index contributed by atoms with van der Waals surface area (Å²) in [7, 11) is 0. The molecule has 2 heteroatoms. The van der Waals surface area contributed by atoms with Gasteiger partial charge >= 0.3 is 0 Å². The van der Waals surface area contributed by atoms with E-state index in [0.29, 0.717) is 12.6 Å². The van der Waals surface area contributed by atoms with Crippen LogP contribution in [0, 0.1) is 5.41 Å². The van der Waals surface area contributed by atoms with E-state index in [9.17, 15) is 0 Å². The molecule has 19 heavy (non-hydrogen) atoms. The molecule has 0 aliphatic rings. The van der Waals surface area contributed by atoms with Gasteiger partial charge in [-0.2, -0.15) is 0 Å². The molecule has 0 bridgehead atoms. The lowest BCUT2D eigenvalue weighted by Crippen LogP contribution is -2.38. The first-order valence-electron chi connectivity index (χ1n) is 7.41. The van der Waals surface area contributed by atoms with Crippen LogP contribution in [-0.2, 0) is 11.3 Å². The fourth-order valence-electron chi connectivity index (χ4n) is 2.26. The van der Waals surface area contributed by atoms with Crippen LogP contribution in [0.2, 0.25) is 0 Å². The Labute approximate surface area is 118 Å². The maximum Gasteiger partial charge on any atom is 0.0717 e. The Morgan fingerprint density at radius 1 is 1.21 bits per heavy atom. The van der Waals surface area contributed by atoms with Crippen molar-refractivity contribution in [2.45, 2.75) is 53.2 Å². The minimum Gasteiger partial charge on any atom is -0.376 e. The van der Waals surface area contributed by atoms with Gasteiger partial charge in [0.1, 0.15) is 0 Å². The highest BCUT2D eigenvalue weighted by Crippen LogP contribution is 2.23. The quantitative estimate of drug-likeness (QED) is 0.727. The maximum atomic E-state index is 5.93. The van der Waals surface area contributed by atoms with E-state index in [-0.39, 0.29) is 5.41 Å². The Morgan fingerprint density at radius 3 is 2.47 bits per heavy atom. The molecular weight excluding hydrogens is 234 g/mol. The molecule has 2 nitrogen and oxygen atoms in total. The van der Waals surface area contributed by atoms with Gasteiger partial charge in [-0.25, -0.2) is 0 Å². The molecular formula is C17H29NO. The molecule has 0 saturated heterocycles. The lowest BCUT2D eigenvalue weighted by Gasteiger charge is -2.30. The molecule has 0 heterocycles. The van der Waals surface area contributed by atoms with Crippen LogP contribution < -0.4 is 5.32 Å². The van der Waals surface area contributed by atoms with Gasteiger partial charge in [-0.05, 0) is 12.0 Å². The van der Waals surface area contributed by atoms with Crippen molar-refractivity contribution in [1.82, 2.24) is 5.32 Å². The van der Waals surface area contributed by atoms with E-state index >= 15 is 0 Å². The van der Waals surface area contributed by atoms with Crippen molar-refractivity contribution < 1.29 is 4.74 Å². The summed E-state index contributed by atoms with van der Waals surface area (Å²) in [5, 5.41) is 3.54. The molecule has 1 aromatic carbocycles. The first kappa shape index (κ1) is 16.2. The van der Waals surface area contributed by atoms with Gasteiger partial charge in [0.15, 0.2) is 0 Å². The molecule has 108 valence electrons. The third kappa shape index (κ3) is 6.74. The van der Waals surface area contributed by atoms with Gasteiger partial charge in [-0.3, -0.25) is 0 Å². The first-order chi connectivity index (χ1) is 9.06. The van der Waals surface area contributed by atoms with Crippen LogP contribution in [0.4, 0.5) is 0 Å². The summed E-state index contributed by atoms with van der Waals surface area (Å²) in [6, 6.07) is 10.9. The highest BCUT2D eigenvalue weighted by atomic mass is 16.5. The number of hydrogen-bond acceptors (Lipinski definition) is 2. The smallest absolute Gasteiger partial charge is 0.0717 e. The molecule has 1 N–H and O–H groups in total. The molecule has 1 aromatic rings. The van der Waals surface area contributed by atoms with Crippen LogP contribution >= 0.6 is 0 Å². The first-order valence-corrected chi connectivity index (χ1v) is 7.41. The summed E-state index contributed by atoms with van der Waals surface area (Å²) in [5.41, 5.74) is 1.48. The average molecular weight is 263 g/mol. The van der Waals surface area contributed by atoms with Gasteiger partial charge in [-0.15, -0.1) is 0 Å². The van der Waals surface area contributed by atoms with Crippen LogP contribution in [-0.4, -0.2) is 19.2 Å². The molecule has 0 fully saturated rings. The van der Waals surface area contributed by atoms with E-state index in [1.807, 2.05) is 6.07 Å². The van der Waals surface area contributed by atoms with Crippen LogP contribution in [0.3, 0.4) is 0 Å². The van der Waals surface area contributed by atoms with E-state index in [1.54, 1.807) is 0 Å². The van der Waals surface area contributed by atoms with E-state index < -0.39 is 0 Å². The average Bonchev–Trinajstić information content (AvgIpc) is 2.38. The molecule has 1 atom stereocenters. The van der Waals surface area contributed by atoms with Crippen molar-refractivity contribution in [3.63, 3.8) is 0 Å². The molecule has 0 spiro atoms. The largest absolute Gasteiger partial charge is 0.376 e. The van der Waals surface area contributed by atoms with E-state index in [0.717, 1.165) is 13.2 Å². The second kappa shape index (κ2) is 8.34. The zero-order chi connectivity index (χ0) is 14.1. The third-order valence-electron chi connectivity index (χ3n) is 3.35. The van der Waals surface area contributed by atoms with Crippen molar-refractivity contribution in [2.24, 2.45) is 5.41 Å². The molecule has 0 aliphatic carbocycles. The molecule has 0 amide bonds. The molecule has 0 aromatic heterocycles. The van der Waals surface area contributed by atoms with Crippen LogP contribution in [0.5, 0.6) is 0 Å². The Kier molecular flexibility index (Phi) is 7.11. The lowest BCUT2D eigenvalue weighted by molar-refractivity contribution is 0.0363. The van der Waals surface area contributed by atoms with Crippen molar-refractivity contribution in [1.29, 1.82) is 0 Å². The highest BCUT2D eigenvalue weighted by molar-refractivity contribution is 5.13. The monoisotopic (exact) mass is 263 g/mol. The normalized spacial score (nSPS) is 14.6. The summed E-state index contributed by atoms with van der Waals surface area (Å²) in [6.45, 7) is 11.5. The van der Waals surface area contributed by atoms with E-state index in [1.165, 1.54) is 18.4 Å². The van der Waals surface area contributed by atoms with E-state index in [4.69, 9.17) is 4.74 Å². The van der Waals surface area contributed by atoms with Gasteiger partial charge in [0.2, 0.25) is 0 Å². The summed E-state index contributed by atoms with van der Waals surface area (Å²) in [5.74, 6) is 0. The number of rotatable bonds is 9. The molecule has 0 aliphatic heterocycles. The lowest BCUT2D eigenvalue weighted by atomic mass is 9.86. The molecule has 1 rings (SSSR count).